The Labute approximate surface area is 107 Å². The monoisotopic (exact) mass is 245 g/mol. The molecule has 0 atom stereocenters. The van der Waals surface area contributed by atoms with Crippen molar-refractivity contribution in [3.63, 3.8) is 0 Å². The molecular weight excluding hydrogens is 226 g/mol. The predicted molar refractivity (Wildman–Crippen MR) is 72.7 cm³/mol. The molecule has 0 bridgehead atoms. The number of hydrogen-bond acceptors (Lipinski definition) is 3. The largest absolute Gasteiger partial charge is 0.494 e. The van der Waals surface area contributed by atoms with Gasteiger partial charge in [0.15, 0.2) is 0 Å². The van der Waals surface area contributed by atoms with Crippen molar-refractivity contribution in [2.45, 2.75) is 32.2 Å². The van der Waals surface area contributed by atoms with Crippen LogP contribution in [0, 0.1) is 5.92 Å². The molecule has 0 radical (unpaired) electrons. The molecule has 1 heterocycles. The van der Waals surface area contributed by atoms with E-state index in [1.165, 1.54) is 25.7 Å². The van der Waals surface area contributed by atoms with Crippen LogP contribution in [0.2, 0.25) is 0 Å². The Morgan fingerprint density at radius 3 is 2.89 bits per heavy atom. The van der Waals surface area contributed by atoms with E-state index < -0.39 is 0 Å². The van der Waals surface area contributed by atoms with Gasteiger partial charge in [0.1, 0.15) is 11.3 Å². The first-order valence-electron chi connectivity index (χ1n) is 6.58. The molecule has 0 saturated heterocycles. The molecule has 96 valence electrons. The van der Waals surface area contributed by atoms with Crippen molar-refractivity contribution < 1.29 is 4.74 Å². The highest BCUT2D eigenvalue weighted by molar-refractivity contribution is 5.84. The second-order valence-corrected chi connectivity index (χ2v) is 5.06. The lowest BCUT2D eigenvalue weighted by Gasteiger charge is -2.12. The molecule has 1 aliphatic carbocycles. The zero-order chi connectivity index (χ0) is 12.5. The quantitative estimate of drug-likeness (QED) is 0.904. The zero-order valence-corrected chi connectivity index (χ0v) is 10.7. The summed E-state index contributed by atoms with van der Waals surface area (Å²) in [6, 6.07) is 5.98. The number of ether oxygens (including phenoxy) is 1. The molecule has 1 fully saturated rings. The summed E-state index contributed by atoms with van der Waals surface area (Å²) in [5, 5.41) is 0. The Hall–Kier alpha value is -1.71. The fraction of sp³-hybridized carbons (Fsp3) is 0.500. The maximum atomic E-state index is 6.05. The van der Waals surface area contributed by atoms with Crippen molar-refractivity contribution in [3.05, 3.63) is 18.2 Å². The van der Waals surface area contributed by atoms with Gasteiger partial charge in [0.05, 0.1) is 12.6 Å². The standard InChI is InChI=1S/C14H19N3O/c1-18-12-8-4-7-11-13(12)16-14(15)17(11)9-10-5-2-3-6-10/h4,7-8,10H,2-3,5-6,9H2,1H3,(H2,15,16). The number of nitrogens with two attached hydrogens (primary N) is 1. The van der Waals surface area contributed by atoms with Crippen LogP contribution in [0.4, 0.5) is 5.95 Å². The fourth-order valence-electron chi connectivity index (χ4n) is 2.95. The normalized spacial score (nSPS) is 16.5. The van der Waals surface area contributed by atoms with E-state index in [-0.39, 0.29) is 0 Å². The van der Waals surface area contributed by atoms with Crippen molar-refractivity contribution in [2.24, 2.45) is 5.92 Å². The molecule has 18 heavy (non-hydrogen) atoms. The first-order chi connectivity index (χ1) is 8.79. The van der Waals surface area contributed by atoms with Crippen LogP contribution in [0.25, 0.3) is 11.0 Å². The number of nitrogen functional groups attached to an aromatic ring is 1. The number of hydrogen-bond donors (Lipinski definition) is 1. The third kappa shape index (κ3) is 1.82. The highest BCUT2D eigenvalue weighted by Crippen LogP contribution is 2.31. The van der Waals surface area contributed by atoms with Crippen LogP contribution < -0.4 is 10.5 Å². The topological polar surface area (TPSA) is 53.1 Å². The summed E-state index contributed by atoms with van der Waals surface area (Å²) in [7, 11) is 1.67. The van der Waals surface area contributed by atoms with Gasteiger partial charge in [0.25, 0.3) is 0 Å². The molecule has 0 unspecified atom stereocenters. The number of para-hydroxylation sites is 1. The van der Waals surface area contributed by atoms with Crippen LogP contribution in [-0.4, -0.2) is 16.7 Å². The first kappa shape index (κ1) is 11.4. The molecule has 0 aliphatic heterocycles. The molecule has 2 N–H and O–H groups in total. The molecule has 3 rings (SSSR count). The number of nitrogens with zero attached hydrogens (tertiary/aromatic N) is 2. The molecule has 1 aromatic heterocycles. The van der Waals surface area contributed by atoms with E-state index in [2.05, 4.69) is 15.6 Å². The smallest absolute Gasteiger partial charge is 0.201 e. The molecule has 1 aliphatic rings. The molecule has 4 nitrogen and oxygen atoms in total. The van der Waals surface area contributed by atoms with Crippen molar-refractivity contribution in [3.8, 4) is 5.75 Å². The van der Waals surface area contributed by atoms with Crippen LogP contribution in [0.5, 0.6) is 5.75 Å². The van der Waals surface area contributed by atoms with Crippen molar-refractivity contribution in [2.75, 3.05) is 12.8 Å². The van der Waals surface area contributed by atoms with Crippen LogP contribution in [0.15, 0.2) is 18.2 Å². The molecule has 1 saturated carbocycles. The van der Waals surface area contributed by atoms with Crippen LogP contribution in [-0.2, 0) is 6.54 Å². The number of benzene rings is 1. The molecule has 4 heteroatoms. The summed E-state index contributed by atoms with van der Waals surface area (Å²) < 4.78 is 7.47. The summed E-state index contributed by atoms with van der Waals surface area (Å²) in [6.45, 7) is 0.982. The number of methoxy groups -OCH3 is 1. The molecule has 0 spiro atoms. The second-order valence-electron chi connectivity index (χ2n) is 5.06. The highest BCUT2D eigenvalue weighted by atomic mass is 16.5. The zero-order valence-electron chi connectivity index (χ0n) is 10.7. The van der Waals surface area contributed by atoms with Gasteiger partial charge < -0.3 is 15.0 Å². The van der Waals surface area contributed by atoms with E-state index in [0.717, 1.165) is 29.2 Å². The first-order valence-corrected chi connectivity index (χ1v) is 6.58. The van der Waals surface area contributed by atoms with E-state index in [1.54, 1.807) is 7.11 Å². The average molecular weight is 245 g/mol. The summed E-state index contributed by atoms with van der Waals surface area (Å²) in [5.74, 6) is 2.14. The van der Waals surface area contributed by atoms with Crippen LogP contribution >= 0.6 is 0 Å². The Bertz CT molecular complexity index is 555. The van der Waals surface area contributed by atoms with E-state index in [9.17, 15) is 0 Å². The van der Waals surface area contributed by atoms with E-state index in [1.807, 2.05) is 12.1 Å². The average Bonchev–Trinajstić information content (AvgIpc) is 2.99. The minimum absolute atomic E-state index is 0.599. The maximum absolute atomic E-state index is 6.05. The maximum Gasteiger partial charge on any atom is 0.201 e. The molecular formula is C14H19N3O. The SMILES string of the molecule is COc1cccc2c1nc(N)n2CC1CCCC1. The fourth-order valence-corrected chi connectivity index (χ4v) is 2.95. The van der Waals surface area contributed by atoms with Gasteiger partial charge in [0, 0.05) is 6.54 Å². The van der Waals surface area contributed by atoms with E-state index >= 15 is 0 Å². The van der Waals surface area contributed by atoms with Gasteiger partial charge >= 0.3 is 0 Å². The third-order valence-electron chi connectivity index (χ3n) is 3.91. The van der Waals surface area contributed by atoms with E-state index in [0.29, 0.717) is 5.95 Å². The van der Waals surface area contributed by atoms with Crippen molar-refractivity contribution >= 4 is 17.0 Å². The van der Waals surface area contributed by atoms with Gasteiger partial charge in [-0.1, -0.05) is 18.9 Å². The number of anilines is 1. The third-order valence-corrected chi connectivity index (χ3v) is 3.91. The summed E-state index contributed by atoms with van der Waals surface area (Å²) >= 11 is 0. The summed E-state index contributed by atoms with van der Waals surface area (Å²) in [6.07, 6.45) is 5.31. The number of imidazole rings is 1. The van der Waals surface area contributed by atoms with Gasteiger partial charge in [0.2, 0.25) is 5.95 Å². The Balaban J connectivity index is 2.02. The lowest BCUT2D eigenvalue weighted by Crippen LogP contribution is -2.10. The van der Waals surface area contributed by atoms with Gasteiger partial charge in [-0.25, -0.2) is 4.98 Å². The molecule has 0 amide bonds. The van der Waals surface area contributed by atoms with E-state index in [4.69, 9.17) is 10.5 Å². The highest BCUT2D eigenvalue weighted by Gasteiger charge is 2.19. The lowest BCUT2D eigenvalue weighted by atomic mass is 10.1. The van der Waals surface area contributed by atoms with Crippen molar-refractivity contribution in [1.82, 2.24) is 9.55 Å². The Morgan fingerprint density at radius 1 is 1.39 bits per heavy atom. The minimum atomic E-state index is 0.599. The van der Waals surface area contributed by atoms with Gasteiger partial charge in [-0.05, 0) is 30.9 Å². The van der Waals surface area contributed by atoms with Gasteiger partial charge in [-0.15, -0.1) is 0 Å². The Morgan fingerprint density at radius 2 is 2.17 bits per heavy atom. The summed E-state index contributed by atoms with van der Waals surface area (Å²) in [4.78, 5) is 4.44. The molecule has 2 aromatic rings. The number of fused-ring (bicyclic) bond motifs is 1. The van der Waals surface area contributed by atoms with Crippen molar-refractivity contribution in [1.29, 1.82) is 0 Å². The van der Waals surface area contributed by atoms with Gasteiger partial charge in [-0.2, -0.15) is 0 Å². The lowest BCUT2D eigenvalue weighted by molar-refractivity contribution is 0.419. The number of rotatable bonds is 3. The predicted octanol–water partition coefficient (Wildman–Crippen LogP) is 2.82. The Kier molecular flexibility index (Phi) is 2.86. The van der Waals surface area contributed by atoms with Crippen LogP contribution in [0.3, 0.4) is 0 Å². The number of aromatic nitrogens is 2. The summed E-state index contributed by atoms with van der Waals surface area (Å²) in [5.41, 5.74) is 8.00. The van der Waals surface area contributed by atoms with Crippen LogP contribution in [0.1, 0.15) is 25.7 Å². The minimum Gasteiger partial charge on any atom is -0.494 e. The van der Waals surface area contributed by atoms with Gasteiger partial charge in [-0.3, -0.25) is 0 Å². The second kappa shape index (κ2) is 4.52. The molecule has 1 aromatic carbocycles.